The van der Waals surface area contributed by atoms with Crippen LogP contribution in [0.1, 0.15) is 52.4 Å². The maximum atomic E-state index is 12.1. The third-order valence-electron chi connectivity index (χ3n) is 2.90. The van der Waals surface area contributed by atoms with Crippen molar-refractivity contribution in [2.75, 3.05) is 13.1 Å². The molecule has 0 aromatic rings. The molecule has 0 saturated carbocycles. The molecular weight excluding hydrogens is 254 g/mol. The molecule has 0 radical (unpaired) electrons. The summed E-state index contributed by atoms with van der Waals surface area (Å²) in [5, 5.41) is 0. The maximum Gasteiger partial charge on any atom is 0.238 e. The van der Waals surface area contributed by atoms with Gasteiger partial charge in [-0.2, -0.15) is 0 Å². The highest BCUT2D eigenvalue weighted by molar-refractivity contribution is 9.10. The Morgan fingerprint density at radius 1 is 1.00 bits per heavy atom. The van der Waals surface area contributed by atoms with Gasteiger partial charge in [0.05, 0.1) is 4.32 Å². The number of amides is 1. The number of rotatable bonds is 1. The fraction of sp³-hybridized carbons (Fsp3) is 0.917. The molecule has 1 aliphatic rings. The van der Waals surface area contributed by atoms with Crippen molar-refractivity contribution in [1.82, 2.24) is 4.90 Å². The Labute approximate surface area is 102 Å². The first kappa shape index (κ1) is 13.0. The first-order chi connectivity index (χ1) is 7.02. The fourth-order valence-corrected chi connectivity index (χ4v) is 2.25. The minimum absolute atomic E-state index is 0.240. The number of hydrogen-bond acceptors (Lipinski definition) is 1. The van der Waals surface area contributed by atoms with E-state index in [0.717, 1.165) is 25.9 Å². The average molecular weight is 276 g/mol. The summed E-state index contributed by atoms with van der Waals surface area (Å²) in [5.41, 5.74) is 0. The van der Waals surface area contributed by atoms with Gasteiger partial charge in [-0.1, -0.05) is 41.6 Å². The SMILES string of the molecule is CC(C)(Br)C(=O)N1CCCCCCCC1. The number of alkyl halides is 1. The normalized spacial score (nSPS) is 20.3. The minimum Gasteiger partial charge on any atom is -0.342 e. The number of hydrogen-bond donors (Lipinski definition) is 0. The molecule has 1 aliphatic heterocycles. The molecule has 0 bridgehead atoms. The van der Waals surface area contributed by atoms with Crippen molar-refractivity contribution in [1.29, 1.82) is 0 Å². The van der Waals surface area contributed by atoms with Gasteiger partial charge in [-0.3, -0.25) is 4.79 Å². The lowest BCUT2D eigenvalue weighted by atomic mass is 10.1. The van der Waals surface area contributed by atoms with Gasteiger partial charge < -0.3 is 4.90 Å². The highest BCUT2D eigenvalue weighted by Crippen LogP contribution is 2.21. The van der Waals surface area contributed by atoms with Gasteiger partial charge in [-0.25, -0.2) is 0 Å². The molecule has 0 aliphatic carbocycles. The average Bonchev–Trinajstić information content (AvgIpc) is 2.27. The summed E-state index contributed by atoms with van der Waals surface area (Å²) in [4.78, 5) is 14.1. The van der Waals surface area contributed by atoms with Crippen molar-refractivity contribution in [2.24, 2.45) is 0 Å². The number of nitrogens with zero attached hydrogens (tertiary/aromatic N) is 1. The lowest BCUT2D eigenvalue weighted by Crippen LogP contribution is -2.42. The van der Waals surface area contributed by atoms with E-state index in [2.05, 4.69) is 15.9 Å². The van der Waals surface area contributed by atoms with E-state index in [4.69, 9.17) is 0 Å². The molecule has 0 N–H and O–H groups in total. The van der Waals surface area contributed by atoms with Crippen LogP contribution in [-0.4, -0.2) is 28.2 Å². The van der Waals surface area contributed by atoms with Crippen molar-refractivity contribution in [3.05, 3.63) is 0 Å². The molecule has 3 heteroatoms. The van der Waals surface area contributed by atoms with E-state index in [1.54, 1.807) is 0 Å². The first-order valence-corrected chi connectivity index (χ1v) is 6.79. The summed E-state index contributed by atoms with van der Waals surface area (Å²) in [6.45, 7) is 5.74. The Balaban J connectivity index is 2.53. The number of carbonyl (C=O) groups excluding carboxylic acids is 1. The molecule has 2 nitrogen and oxygen atoms in total. The van der Waals surface area contributed by atoms with E-state index in [9.17, 15) is 4.79 Å². The lowest BCUT2D eigenvalue weighted by molar-refractivity contribution is -0.132. The maximum absolute atomic E-state index is 12.1. The molecule has 88 valence electrons. The Bertz CT molecular complexity index is 200. The zero-order chi connectivity index (χ0) is 11.3. The summed E-state index contributed by atoms with van der Waals surface area (Å²) >= 11 is 3.45. The van der Waals surface area contributed by atoms with Gasteiger partial charge in [0, 0.05) is 13.1 Å². The molecule has 1 fully saturated rings. The Hall–Kier alpha value is -0.0500. The van der Waals surface area contributed by atoms with Crippen molar-refractivity contribution in [3.8, 4) is 0 Å². The molecule has 0 spiro atoms. The topological polar surface area (TPSA) is 20.3 Å². The van der Waals surface area contributed by atoms with Crippen LogP contribution in [0.15, 0.2) is 0 Å². The van der Waals surface area contributed by atoms with E-state index in [1.165, 1.54) is 25.7 Å². The summed E-state index contributed by atoms with van der Waals surface area (Å²) in [6, 6.07) is 0. The molecule has 0 aromatic carbocycles. The molecule has 1 rings (SSSR count). The third kappa shape index (κ3) is 4.54. The second kappa shape index (κ2) is 5.88. The summed E-state index contributed by atoms with van der Waals surface area (Å²) in [7, 11) is 0. The van der Waals surface area contributed by atoms with E-state index in [-0.39, 0.29) is 5.91 Å². The van der Waals surface area contributed by atoms with Crippen molar-refractivity contribution in [2.45, 2.75) is 56.7 Å². The largest absolute Gasteiger partial charge is 0.342 e. The van der Waals surface area contributed by atoms with Gasteiger partial charge in [0.15, 0.2) is 0 Å². The minimum atomic E-state index is -0.402. The quantitative estimate of drug-likeness (QED) is 0.673. The monoisotopic (exact) mass is 275 g/mol. The van der Waals surface area contributed by atoms with Crippen LogP contribution in [0.25, 0.3) is 0 Å². The molecule has 0 atom stereocenters. The van der Waals surface area contributed by atoms with Crippen molar-refractivity contribution < 1.29 is 4.79 Å². The van der Waals surface area contributed by atoms with Crippen molar-refractivity contribution >= 4 is 21.8 Å². The van der Waals surface area contributed by atoms with Crippen LogP contribution >= 0.6 is 15.9 Å². The molecule has 1 saturated heterocycles. The molecule has 0 unspecified atom stereocenters. The second-order valence-electron chi connectivity index (χ2n) is 4.89. The predicted molar refractivity (Wildman–Crippen MR) is 67.3 cm³/mol. The highest BCUT2D eigenvalue weighted by atomic mass is 79.9. The van der Waals surface area contributed by atoms with Gasteiger partial charge in [0.25, 0.3) is 0 Å². The second-order valence-corrected chi connectivity index (χ2v) is 6.87. The molecule has 15 heavy (non-hydrogen) atoms. The van der Waals surface area contributed by atoms with E-state index in [1.807, 2.05) is 18.7 Å². The lowest BCUT2D eigenvalue weighted by Gasteiger charge is -2.28. The first-order valence-electron chi connectivity index (χ1n) is 6.00. The Morgan fingerprint density at radius 3 is 1.80 bits per heavy atom. The van der Waals surface area contributed by atoms with E-state index >= 15 is 0 Å². The summed E-state index contributed by atoms with van der Waals surface area (Å²) in [6.07, 6.45) is 7.53. The smallest absolute Gasteiger partial charge is 0.238 e. The van der Waals surface area contributed by atoms with Crippen LogP contribution in [0.3, 0.4) is 0 Å². The zero-order valence-corrected chi connectivity index (χ0v) is 11.5. The van der Waals surface area contributed by atoms with Crippen LogP contribution in [0.5, 0.6) is 0 Å². The van der Waals surface area contributed by atoms with Crippen LogP contribution in [0.2, 0.25) is 0 Å². The van der Waals surface area contributed by atoms with E-state index < -0.39 is 4.32 Å². The highest BCUT2D eigenvalue weighted by Gasteiger charge is 2.28. The molecule has 1 amide bonds. The molecule has 1 heterocycles. The van der Waals surface area contributed by atoms with Crippen LogP contribution in [0, 0.1) is 0 Å². The Kier molecular flexibility index (Phi) is 5.10. The Morgan fingerprint density at radius 2 is 1.40 bits per heavy atom. The van der Waals surface area contributed by atoms with Gasteiger partial charge in [0.1, 0.15) is 0 Å². The van der Waals surface area contributed by atoms with Crippen LogP contribution < -0.4 is 0 Å². The number of halogens is 1. The predicted octanol–water partition coefficient (Wildman–Crippen LogP) is 3.34. The zero-order valence-electron chi connectivity index (χ0n) is 9.89. The van der Waals surface area contributed by atoms with Gasteiger partial charge in [-0.05, 0) is 26.7 Å². The number of carbonyl (C=O) groups is 1. The van der Waals surface area contributed by atoms with Gasteiger partial charge in [-0.15, -0.1) is 0 Å². The van der Waals surface area contributed by atoms with Crippen molar-refractivity contribution in [3.63, 3.8) is 0 Å². The fourth-order valence-electron chi connectivity index (χ4n) is 2.00. The van der Waals surface area contributed by atoms with Crippen LogP contribution in [-0.2, 0) is 4.79 Å². The van der Waals surface area contributed by atoms with E-state index in [0.29, 0.717) is 0 Å². The standard InChI is InChI=1S/C12H22BrNO/c1-12(2,13)11(15)14-9-7-5-3-4-6-8-10-14/h3-10H2,1-2H3. The summed E-state index contributed by atoms with van der Waals surface area (Å²) in [5.74, 6) is 0.240. The summed E-state index contributed by atoms with van der Waals surface area (Å²) < 4.78 is -0.402. The molecule has 0 aromatic heterocycles. The third-order valence-corrected chi connectivity index (χ3v) is 3.24. The van der Waals surface area contributed by atoms with Gasteiger partial charge >= 0.3 is 0 Å². The molecular formula is C12H22BrNO. The van der Waals surface area contributed by atoms with Crippen LogP contribution in [0.4, 0.5) is 0 Å². The van der Waals surface area contributed by atoms with Gasteiger partial charge in [0.2, 0.25) is 5.91 Å².